The van der Waals surface area contributed by atoms with Crippen LogP contribution < -0.4 is 0 Å². The van der Waals surface area contributed by atoms with Gasteiger partial charge in [0.15, 0.2) is 17.2 Å². The average molecular weight is 409 g/mol. The minimum Gasteiger partial charge on any atom is -0.375 e. The van der Waals surface area contributed by atoms with Crippen LogP contribution in [0.3, 0.4) is 0 Å². The Kier molecular flexibility index (Phi) is 12.3. The zero-order valence-corrected chi connectivity index (χ0v) is 19.9. The molecule has 0 spiro atoms. The number of carbonyl (C=O) groups is 2. The van der Waals surface area contributed by atoms with E-state index < -0.39 is 5.60 Å². The van der Waals surface area contributed by atoms with E-state index in [-0.39, 0.29) is 22.9 Å². The van der Waals surface area contributed by atoms with E-state index in [0.29, 0.717) is 6.42 Å². The van der Waals surface area contributed by atoms with Crippen molar-refractivity contribution in [3.8, 4) is 0 Å². The largest absolute Gasteiger partial charge is 0.375 e. The average Bonchev–Trinajstić information content (AvgIpc) is 3.31. The molecule has 0 bridgehead atoms. The lowest BCUT2D eigenvalue weighted by molar-refractivity contribution is -0.150. The third-order valence-corrected chi connectivity index (χ3v) is 6.86. The Morgan fingerprint density at radius 1 is 0.793 bits per heavy atom. The highest BCUT2D eigenvalue weighted by molar-refractivity contribution is 6.11. The van der Waals surface area contributed by atoms with Gasteiger partial charge in [0, 0.05) is 12.3 Å². The fourth-order valence-corrected chi connectivity index (χ4v) is 4.29. The summed E-state index contributed by atoms with van der Waals surface area (Å²) >= 11 is 0. The lowest BCUT2D eigenvalue weighted by atomic mass is 9.87. The quantitative estimate of drug-likeness (QED) is 0.182. The van der Waals surface area contributed by atoms with Gasteiger partial charge in [0.05, 0.1) is 0 Å². The summed E-state index contributed by atoms with van der Waals surface area (Å²) < 4.78 is 0. The second kappa shape index (κ2) is 13.6. The first kappa shape index (κ1) is 26.3. The van der Waals surface area contributed by atoms with E-state index in [0.717, 1.165) is 25.7 Å². The van der Waals surface area contributed by atoms with Crippen molar-refractivity contribution >= 4 is 11.6 Å². The number of rotatable bonds is 19. The molecule has 2 unspecified atom stereocenters. The summed E-state index contributed by atoms with van der Waals surface area (Å²) in [5, 5.41) is 10.4. The highest BCUT2D eigenvalue weighted by atomic mass is 16.3. The molecular weight excluding hydrogens is 360 g/mol. The van der Waals surface area contributed by atoms with Crippen molar-refractivity contribution in [1.82, 2.24) is 0 Å². The van der Waals surface area contributed by atoms with E-state index in [4.69, 9.17) is 0 Å². The molecule has 0 amide bonds. The van der Waals surface area contributed by atoms with Crippen LogP contribution in [0.2, 0.25) is 0 Å². The molecule has 0 saturated heterocycles. The molecule has 1 fully saturated rings. The Bertz CT molecular complexity index is 478. The Labute approximate surface area is 180 Å². The van der Waals surface area contributed by atoms with Crippen LogP contribution in [0.15, 0.2) is 0 Å². The summed E-state index contributed by atoms with van der Waals surface area (Å²) in [4.78, 5) is 24.7. The van der Waals surface area contributed by atoms with Crippen LogP contribution in [-0.2, 0) is 9.59 Å². The molecule has 29 heavy (non-hydrogen) atoms. The smallest absolute Gasteiger partial charge is 0.178 e. The first-order valence-electron chi connectivity index (χ1n) is 12.5. The van der Waals surface area contributed by atoms with Crippen molar-refractivity contribution in [2.24, 2.45) is 11.3 Å². The molecule has 1 saturated carbocycles. The van der Waals surface area contributed by atoms with Gasteiger partial charge in [-0.1, -0.05) is 111 Å². The van der Waals surface area contributed by atoms with Gasteiger partial charge in [-0.2, -0.15) is 0 Å². The standard InChI is InChI=1S/C26H48O3/c1-5-6-7-8-9-10-11-12-13-14-15-16-17-18-19-20-23(27)26(4,29)24(28)22-21-25(22,2)3/h22,29H,5-21H2,1-4H3. The van der Waals surface area contributed by atoms with Gasteiger partial charge in [-0.05, 0) is 25.2 Å². The number of Topliss-reactive ketones (excluding diaryl/α,β-unsaturated/α-hetero) is 2. The molecule has 0 aromatic carbocycles. The minimum atomic E-state index is -1.78. The summed E-state index contributed by atoms with van der Waals surface area (Å²) in [7, 11) is 0. The van der Waals surface area contributed by atoms with Crippen LogP contribution in [0.1, 0.15) is 137 Å². The second-order valence-electron chi connectivity index (χ2n) is 10.3. The summed E-state index contributed by atoms with van der Waals surface area (Å²) in [5.74, 6) is -0.712. The molecule has 170 valence electrons. The topological polar surface area (TPSA) is 54.4 Å². The zero-order chi connectivity index (χ0) is 21.8. The number of hydrogen-bond acceptors (Lipinski definition) is 3. The molecule has 1 aliphatic carbocycles. The van der Waals surface area contributed by atoms with Crippen LogP contribution in [0.25, 0.3) is 0 Å². The number of hydrogen-bond donors (Lipinski definition) is 1. The molecule has 0 aliphatic heterocycles. The van der Waals surface area contributed by atoms with Crippen molar-refractivity contribution in [3.63, 3.8) is 0 Å². The Morgan fingerprint density at radius 3 is 1.48 bits per heavy atom. The van der Waals surface area contributed by atoms with E-state index >= 15 is 0 Å². The first-order valence-corrected chi connectivity index (χ1v) is 12.5. The van der Waals surface area contributed by atoms with E-state index in [2.05, 4.69) is 6.92 Å². The third kappa shape index (κ3) is 10.2. The van der Waals surface area contributed by atoms with Crippen molar-refractivity contribution in [3.05, 3.63) is 0 Å². The number of carbonyl (C=O) groups excluding carboxylic acids is 2. The van der Waals surface area contributed by atoms with E-state index in [1.807, 2.05) is 13.8 Å². The fourth-order valence-electron chi connectivity index (χ4n) is 4.29. The van der Waals surface area contributed by atoms with Gasteiger partial charge in [0.1, 0.15) is 0 Å². The maximum Gasteiger partial charge on any atom is 0.178 e. The molecule has 0 aromatic rings. The van der Waals surface area contributed by atoms with Crippen molar-refractivity contribution < 1.29 is 14.7 Å². The van der Waals surface area contributed by atoms with Crippen LogP contribution >= 0.6 is 0 Å². The first-order chi connectivity index (χ1) is 13.7. The maximum absolute atomic E-state index is 12.4. The van der Waals surface area contributed by atoms with Gasteiger partial charge in [0.25, 0.3) is 0 Å². The van der Waals surface area contributed by atoms with Crippen molar-refractivity contribution in [2.75, 3.05) is 0 Å². The maximum atomic E-state index is 12.4. The summed E-state index contributed by atoms with van der Waals surface area (Å²) in [6, 6.07) is 0. The van der Waals surface area contributed by atoms with E-state index in [1.165, 1.54) is 84.0 Å². The molecule has 1 N–H and O–H groups in total. The highest BCUT2D eigenvalue weighted by Gasteiger charge is 2.56. The molecule has 0 heterocycles. The molecular formula is C26H48O3. The van der Waals surface area contributed by atoms with E-state index in [9.17, 15) is 14.7 Å². The highest BCUT2D eigenvalue weighted by Crippen LogP contribution is 2.53. The van der Waals surface area contributed by atoms with Gasteiger partial charge in [-0.3, -0.25) is 9.59 Å². The molecule has 1 aliphatic rings. The van der Waals surface area contributed by atoms with Crippen molar-refractivity contribution in [1.29, 1.82) is 0 Å². The van der Waals surface area contributed by atoms with Crippen LogP contribution in [0, 0.1) is 11.3 Å². The zero-order valence-electron chi connectivity index (χ0n) is 19.9. The Hall–Kier alpha value is -0.700. The van der Waals surface area contributed by atoms with Gasteiger partial charge in [-0.15, -0.1) is 0 Å². The predicted octanol–water partition coefficient (Wildman–Crippen LogP) is 7.18. The molecule has 3 nitrogen and oxygen atoms in total. The molecule has 2 atom stereocenters. The summed E-state index contributed by atoms with van der Waals surface area (Å²) in [6.45, 7) is 7.70. The molecule has 3 heteroatoms. The fraction of sp³-hybridized carbons (Fsp3) is 0.923. The number of ketones is 2. The summed E-state index contributed by atoms with van der Waals surface area (Å²) in [6.07, 6.45) is 20.4. The Balaban J connectivity index is 1.93. The Morgan fingerprint density at radius 2 is 1.14 bits per heavy atom. The van der Waals surface area contributed by atoms with Gasteiger partial charge < -0.3 is 5.11 Å². The summed E-state index contributed by atoms with van der Waals surface area (Å²) in [5.41, 5.74) is -1.83. The SMILES string of the molecule is CCCCCCCCCCCCCCCCCC(=O)C(C)(O)C(=O)C1CC1(C)C. The number of aliphatic hydroxyl groups is 1. The lowest BCUT2D eigenvalue weighted by Crippen LogP contribution is -2.45. The second-order valence-corrected chi connectivity index (χ2v) is 10.3. The van der Waals surface area contributed by atoms with E-state index in [1.54, 1.807) is 0 Å². The third-order valence-electron chi connectivity index (χ3n) is 6.86. The minimum absolute atomic E-state index is 0.0456. The lowest BCUT2D eigenvalue weighted by Gasteiger charge is -2.21. The van der Waals surface area contributed by atoms with Crippen LogP contribution in [0.4, 0.5) is 0 Å². The van der Waals surface area contributed by atoms with Crippen LogP contribution in [0.5, 0.6) is 0 Å². The van der Waals surface area contributed by atoms with Crippen molar-refractivity contribution in [2.45, 2.75) is 142 Å². The predicted molar refractivity (Wildman–Crippen MR) is 122 cm³/mol. The normalized spacial score (nSPS) is 19.7. The molecule has 0 aromatic heterocycles. The van der Waals surface area contributed by atoms with Gasteiger partial charge in [0.2, 0.25) is 0 Å². The van der Waals surface area contributed by atoms with Crippen LogP contribution in [-0.4, -0.2) is 22.3 Å². The molecule has 0 radical (unpaired) electrons. The monoisotopic (exact) mass is 408 g/mol. The molecule has 1 rings (SSSR count). The van der Waals surface area contributed by atoms with Gasteiger partial charge in [-0.25, -0.2) is 0 Å². The number of unbranched alkanes of at least 4 members (excludes halogenated alkanes) is 14. The van der Waals surface area contributed by atoms with Gasteiger partial charge >= 0.3 is 0 Å².